The summed E-state index contributed by atoms with van der Waals surface area (Å²) < 4.78 is 5.40. The van der Waals surface area contributed by atoms with Gasteiger partial charge in [-0.25, -0.2) is 0 Å². The number of hydrogen-bond acceptors (Lipinski definition) is 5. The molecule has 5 N–H and O–H groups in total. The molecule has 1 aliphatic rings. The first-order valence-corrected chi connectivity index (χ1v) is 9.18. The molecule has 2 aromatic rings. The second-order valence-electron chi connectivity index (χ2n) is 6.98. The lowest BCUT2D eigenvalue weighted by atomic mass is 9.98. The zero-order valence-electron chi connectivity index (χ0n) is 15.4. The Morgan fingerprint density at radius 2 is 2.07 bits per heavy atom. The molecule has 0 radical (unpaired) electrons. The van der Waals surface area contributed by atoms with Crippen LogP contribution in [0.15, 0.2) is 42.5 Å². The van der Waals surface area contributed by atoms with Crippen molar-refractivity contribution in [1.29, 1.82) is 0 Å². The summed E-state index contributed by atoms with van der Waals surface area (Å²) in [6.07, 6.45) is 2.89. The van der Waals surface area contributed by atoms with Crippen molar-refractivity contribution in [3.63, 3.8) is 0 Å². The van der Waals surface area contributed by atoms with E-state index < -0.39 is 12.0 Å². The Bertz CT molecular complexity index is 809. The third-order valence-electron chi connectivity index (χ3n) is 5.24. The van der Waals surface area contributed by atoms with Gasteiger partial charge in [0.05, 0.1) is 18.8 Å². The van der Waals surface area contributed by atoms with E-state index in [0.717, 1.165) is 31.4 Å². The van der Waals surface area contributed by atoms with Crippen LogP contribution in [0, 0.1) is 0 Å². The summed E-state index contributed by atoms with van der Waals surface area (Å²) >= 11 is 0. The lowest BCUT2D eigenvalue weighted by molar-refractivity contribution is 0.0996. The van der Waals surface area contributed by atoms with Gasteiger partial charge in [0.1, 0.15) is 11.5 Å². The Morgan fingerprint density at radius 3 is 2.81 bits per heavy atom. The Balaban J connectivity index is 1.60. The molecule has 6 nitrogen and oxygen atoms in total. The number of aliphatic hydroxyl groups is 1. The number of amides is 1. The van der Waals surface area contributed by atoms with Gasteiger partial charge in [-0.15, -0.1) is 0 Å². The largest absolute Gasteiger partial charge is 0.507 e. The van der Waals surface area contributed by atoms with E-state index in [1.54, 1.807) is 13.2 Å². The van der Waals surface area contributed by atoms with Crippen molar-refractivity contribution in [2.45, 2.75) is 43.9 Å². The molecule has 0 saturated carbocycles. The van der Waals surface area contributed by atoms with Crippen LogP contribution < -0.4 is 15.8 Å². The minimum Gasteiger partial charge on any atom is -0.507 e. The summed E-state index contributed by atoms with van der Waals surface area (Å²) in [5, 5.41) is 23.9. The van der Waals surface area contributed by atoms with Gasteiger partial charge in [0.2, 0.25) is 0 Å². The van der Waals surface area contributed by atoms with Crippen molar-refractivity contribution in [3.05, 3.63) is 59.2 Å². The van der Waals surface area contributed by atoms with E-state index in [9.17, 15) is 15.0 Å². The molecule has 6 heteroatoms. The van der Waals surface area contributed by atoms with Crippen LogP contribution in [0.3, 0.4) is 0 Å². The molecule has 1 aliphatic heterocycles. The first-order valence-electron chi connectivity index (χ1n) is 9.18. The molecular formula is C21H26N2O4. The molecule has 1 heterocycles. The fourth-order valence-electron chi connectivity index (χ4n) is 3.73. The zero-order chi connectivity index (χ0) is 19.4. The second-order valence-corrected chi connectivity index (χ2v) is 6.98. The van der Waals surface area contributed by atoms with Gasteiger partial charge in [-0.05, 0) is 55.0 Å². The number of phenols is 1. The summed E-state index contributed by atoms with van der Waals surface area (Å²) in [7, 11) is 1.68. The molecule has 1 saturated heterocycles. The number of carbonyl (C=O) groups is 1. The van der Waals surface area contributed by atoms with Gasteiger partial charge in [0.25, 0.3) is 5.91 Å². The lowest BCUT2D eigenvalue weighted by Gasteiger charge is -2.21. The predicted octanol–water partition coefficient (Wildman–Crippen LogP) is 2.29. The highest BCUT2D eigenvalue weighted by atomic mass is 16.5. The zero-order valence-corrected chi connectivity index (χ0v) is 15.4. The van der Waals surface area contributed by atoms with Crippen molar-refractivity contribution in [3.8, 4) is 11.5 Å². The van der Waals surface area contributed by atoms with Gasteiger partial charge in [0, 0.05) is 12.1 Å². The highest BCUT2D eigenvalue weighted by Gasteiger charge is 2.30. The normalized spacial score (nSPS) is 20.4. The lowest BCUT2D eigenvalue weighted by Crippen LogP contribution is -2.34. The quantitative estimate of drug-likeness (QED) is 0.599. The molecule has 0 bridgehead atoms. The number of hydrogen-bond donors (Lipinski definition) is 4. The number of rotatable bonds is 7. The number of aliphatic hydroxyl groups excluding tert-OH is 1. The number of methoxy groups -OCH3 is 1. The molecular weight excluding hydrogens is 344 g/mol. The standard InChI is InChI=1S/C21H26N2O4/c1-27-19-5-3-2-4-13(19)6-8-15-9-10-17(23-15)20(25)14-7-11-18(24)16(12-14)21(22)26/h2-5,7,11-12,15,17,20,23-25H,6,8-10H2,1H3,(H2,22,26). The highest BCUT2D eigenvalue weighted by molar-refractivity contribution is 5.95. The number of para-hydroxylation sites is 1. The number of carbonyl (C=O) groups excluding carboxylic acids is 1. The Labute approximate surface area is 159 Å². The van der Waals surface area contributed by atoms with Crippen LogP contribution >= 0.6 is 0 Å². The fraction of sp³-hybridized carbons (Fsp3) is 0.381. The average Bonchev–Trinajstić information content (AvgIpc) is 3.15. The number of nitrogens with two attached hydrogens (primary N) is 1. The van der Waals surface area contributed by atoms with E-state index in [-0.39, 0.29) is 17.4 Å². The van der Waals surface area contributed by atoms with E-state index in [1.165, 1.54) is 17.7 Å². The van der Waals surface area contributed by atoms with Gasteiger partial charge in [-0.3, -0.25) is 4.79 Å². The minimum atomic E-state index is -0.764. The number of aromatic hydroxyl groups is 1. The first kappa shape index (κ1) is 19.2. The topological polar surface area (TPSA) is 105 Å². The fourth-order valence-corrected chi connectivity index (χ4v) is 3.73. The number of nitrogens with one attached hydrogen (secondary N) is 1. The van der Waals surface area contributed by atoms with Crippen LogP contribution in [0.4, 0.5) is 0 Å². The minimum absolute atomic E-state index is 0.0252. The molecule has 1 amide bonds. The summed E-state index contributed by atoms with van der Waals surface area (Å²) in [6, 6.07) is 12.7. The van der Waals surface area contributed by atoms with Crippen molar-refractivity contribution < 1.29 is 19.7 Å². The predicted molar refractivity (Wildman–Crippen MR) is 103 cm³/mol. The molecule has 27 heavy (non-hydrogen) atoms. The number of aryl methyl sites for hydroxylation is 1. The van der Waals surface area contributed by atoms with Crippen LogP contribution in [-0.4, -0.2) is 35.3 Å². The number of ether oxygens (including phenoxy) is 1. The summed E-state index contributed by atoms with van der Waals surface area (Å²) in [5.41, 5.74) is 7.05. The number of primary amides is 1. The first-order chi connectivity index (χ1) is 13.0. The van der Waals surface area contributed by atoms with Crippen LogP contribution in [-0.2, 0) is 6.42 Å². The number of benzene rings is 2. The van der Waals surface area contributed by atoms with Crippen LogP contribution in [0.5, 0.6) is 11.5 Å². The van der Waals surface area contributed by atoms with Gasteiger partial charge < -0.3 is 26.0 Å². The Kier molecular flexibility index (Phi) is 5.98. The third kappa shape index (κ3) is 4.40. The molecule has 3 atom stereocenters. The second kappa shape index (κ2) is 8.41. The van der Waals surface area contributed by atoms with E-state index in [0.29, 0.717) is 11.6 Å². The van der Waals surface area contributed by atoms with E-state index in [2.05, 4.69) is 11.4 Å². The van der Waals surface area contributed by atoms with Gasteiger partial charge >= 0.3 is 0 Å². The SMILES string of the molecule is COc1ccccc1CCC1CCC(C(O)c2ccc(O)c(C(N)=O)c2)N1. The van der Waals surface area contributed by atoms with E-state index >= 15 is 0 Å². The monoisotopic (exact) mass is 370 g/mol. The van der Waals surface area contributed by atoms with Crippen molar-refractivity contribution >= 4 is 5.91 Å². The maximum absolute atomic E-state index is 11.4. The Hall–Kier alpha value is -2.57. The summed E-state index contributed by atoms with van der Waals surface area (Å²) in [6.45, 7) is 0. The average molecular weight is 370 g/mol. The Morgan fingerprint density at radius 1 is 1.30 bits per heavy atom. The van der Waals surface area contributed by atoms with Crippen molar-refractivity contribution in [2.24, 2.45) is 5.73 Å². The van der Waals surface area contributed by atoms with E-state index in [1.807, 2.05) is 18.2 Å². The molecule has 0 spiro atoms. The van der Waals surface area contributed by atoms with Crippen LogP contribution in [0.1, 0.15) is 46.9 Å². The maximum Gasteiger partial charge on any atom is 0.252 e. The maximum atomic E-state index is 11.4. The molecule has 144 valence electrons. The summed E-state index contributed by atoms with van der Waals surface area (Å²) in [5.74, 6) is 0.0123. The van der Waals surface area contributed by atoms with Gasteiger partial charge in [0.15, 0.2) is 0 Å². The van der Waals surface area contributed by atoms with Crippen molar-refractivity contribution in [1.82, 2.24) is 5.32 Å². The van der Waals surface area contributed by atoms with Crippen molar-refractivity contribution in [2.75, 3.05) is 7.11 Å². The molecule has 0 aromatic heterocycles. The third-order valence-corrected chi connectivity index (χ3v) is 5.24. The van der Waals surface area contributed by atoms with Gasteiger partial charge in [-0.1, -0.05) is 24.3 Å². The molecule has 0 aliphatic carbocycles. The highest BCUT2D eigenvalue weighted by Crippen LogP contribution is 2.30. The smallest absolute Gasteiger partial charge is 0.252 e. The molecule has 2 aromatic carbocycles. The molecule has 3 rings (SSSR count). The molecule has 1 fully saturated rings. The van der Waals surface area contributed by atoms with Crippen LogP contribution in [0.25, 0.3) is 0 Å². The van der Waals surface area contributed by atoms with Gasteiger partial charge in [-0.2, -0.15) is 0 Å². The van der Waals surface area contributed by atoms with E-state index in [4.69, 9.17) is 10.5 Å². The summed E-state index contributed by atoms with van der Waals surface area (Å²) in [4.78, 5) is 11.4. The van der Waals surface area contributed by atoms with Crippen LogP contribution in [0.2, 0.25) is 0 Å². The molecule has 3 unspecified atom stereocenters.